The van der Waals surface area contributed by atoms with Crippen molar-refractivity contribution in [1.82, 2.24) is 19.7 Å². The zero-order valence-corrected chi connectivity index (χ0v) is 16.4. The molecule has 0 aliphatic carbocycles. The van der Waals surface area contributed by atoms with E-state index in [0.717, 1.165) is 11.4 Å². The second kappa shape index (κ2) is 7.78. The van der Waals surface area contributed by atoms with Gasteiger partial charge in [-0.1, -0.05) is 36.4 Å². The highest BCUT2D eigenvalue weighted by molar-refractivity contribution is 7.80. The molecule has 0 saturated carbocycles. The van der Waals surface area contributed by atoms with E-state index in [1.165, 1.54) is 11.3 Å². The van der Waals surface area contributed by atoms with Gasteiger partial charge in [0.05, 0.1) is 5.69 Å². The fraction of sp³-hybridized carbons (Fsp3) is 0. The Morgan fingerprint density at radius 2 is 1.70 bits per heavy atom. The molecule has 4 rings (SSSR count). The number of aromatic amines is 1. The molecule has 27 heavy (non-hydrogen) atoms. The van der Waals surface area contributed by atoms with Crippen molar-refractivity contribution in [2.24, 2.45) is 0 Å². The van der Waals surface area contributed by atoms with Crippen molar-refractivity contribution < 1.29 is 0 Å². The summed E-state index contributed by atoms with van der Waals surface area (Å²) in [4.78, 5) is 4.59. The van der Waals surface area contributed by atoms with Crippen LogP contribution in [0, 0.1) is 4.77 Å². The molecule has 134 valence electrons. The molecule has 2 aromatic carbocycles. The van der Waals surface area contributed by atoms with E-state index in [2.05, 4.69) is 25.8 Å². The molecule has 4 aromatic rings. The Morgan fingerprint density at radius 1 is 1.00 bits per heavy atom. The predicted octanol–water partition coefficient (Wildman–Crippen LogP) is 4.86. The summed E-state index contributed by atoms with van der Waals surface area (Å²) in [5.74, 6) is 0.650. The summed E-state index contributed by atoms with van der Waals surface area (Å²) in [6.45, 7) is 0. The lowest BCUT2D eigenvalue weighted by Gasteiger charge is -2.07. The second-order valence-corrected chi connectivity index (χ2v) is 7.16. The number of aromatic nitrogens is 4. The van der Waals surface area contributed by atoms with Crippen LogP contribution in [0.1, 0.15) is 0 Å². The molecule has 0 spiro atoms. The lowest BCUT2D eigenvalue weighted by molar-refractivity contribution is 1.03. The minimum atomic E-state index is 0.476. The molecule has 6 nitrogen and oxygen atoms in total. The summed E-state index contributed by atoms with van der Waals surface area (Å²) in [7, 11) is 0. The van der Waals surface area contributed by atoms with Gasteiger partial charge >= 0.3 is 0 Å². The number of hydrogen-bond donors (Lipinski definition) is 3. The average molecular weight is 411 g/mol. The van der Waals surface area contributed by atoms with Gasteiger partial charge in [-0.2, -0.15) is 5.10 Å². The van der Waals surface area contributed by atoms with Crippen molar-refractivity contribution in [2.75, 3.05) is 10.6 Å². The average Bonchev–Trinajstić information content (AvgIpc) is 3.29. The third-order valence-electron chi connectivity index (χ3n) is 3.67. The van der Waals surface area contributed by atoms with E-state index in [1.807, 2.05) is 70.6 Å². The first kappa shape index (κ1) is 17.5. The highest BCUT2D eigenvalue weighted by Gasteiger charge is 2.14. The Bertz CT molecular complexity index is 1110. The first-order valence-electron chi connectivity index (χ1n) is 8.02. The van der Waals surface area contributed by atoms with Gasteiger partial charge in [0, 0.05) is 11.1 Å². The molecule has 0 atom stereocenters. The lowest BCUT2D eigenvalue weighted by Crippen LogP contribution is -2.18. The normalized spacial score (nSPS) is 10.5. The van der Waals surface area contributed by atoms with Crippen LogP contribution in [0.25, 0.3) is 17.2 Å². The van der Waals surface area contributed by atoms with Gasteiger partial charge in [0.25, 0.3) is 0 Å². The molecule has 0 aliphatic rings. The quantitative estimate of drug-likeness (QED) is 0.417. The molecule has 0 saturated heterocycles. The van der Waals surface area contributed by atoms with Gasteiger partial charge in [-0.15, -0.1) is 11.3 Å². The van der Waals surface area contributed by atoms with Crippen LogP contribution in [0.2, 0.25) is 0 Å². The van der Waals surface area contributed by atoms with Gasteiger partial charge in [0.2, 0.25) is 0 Å². The molecule has 2 aromatic heterocycles. The number of thiazole rings is 1. The Morgan fingerprint density at radius 3 is 2.44 bits per heavy atom. The molecule has 0 bridgehead atoms. The predicted molar refractivity (Wildman–Crippen MR) is 116 cm³/mol. The molecule has 0 unspecified atom stereocenters. The van der Waals surface area contributed by atoms with E-state index >= 15 is 0 Å². The van der Waals surface area contributed by atoms with Crippen molar-refractivity contribution >= 4 is 51.7 Å². The van der Waals surface area contributed by atoms with Crippen molar-refractivity contribution in [2.45, 2.75) is 0 Å². The van der Waals surface area contributed by atoms with E-state index in [-0.39, 0.29) is 0 Å². The van der Waals surface area contributed by atoms with E-state index in [9.17, 15) is 0 Å². The monoisotopic (exact) mass is 410 g/mol. The fourth-order valence-corrected chi connectivity index (χ4v) is 3.71. The van der Waals surface area contributed by atoms with Crippen molar-refractivity contribution in [3.63, 3.8) is 0 Å². The molecule has 0 amide bonds. The van der Waals surface area contributed by atoms with Gasteiger partial charge in [0.15, 0.2) is 20.8 Å². The van der Waals surface area contributed by atoms with Crippen LogP contribution in [-0.2, 0) is 0 Å². The smallest absolute Gasteiger partial charge is 0.200 e. The maximum atomic E-state index is 5.38. The fourth-order valence-electron chi connectivity index (χ4n) is 2.50. The molecule has 9 heteroatoms. The van der Waals surface area contributed by atoms with Crippen LogP contribution in [0.5, 0.6) is 0 Å². The largest absolute Gasteiger partial charge is 0.332 e. The number of H-pyrrole nitrogens is 1. The highest BCUT2D eigenvalue weighted by Crippen LogP contribution is 2.26. The van der Waals surface area contributed by atoms with Crippen molar-refractivity contribution in [3.05, 3.63) is 70.8 Å². The van der Waals surface area contributed by atoms with Crippen LogP contribution in [-0.4, -0.2) is 24.9 Å². The number of thiocarbonyl (C=S) groups is 1. The first-order valence-corrected chi connectivity index (χ1v) is 9.72. The standard InChI is InChI=1S/C18H14N6S3/c25-16(19-12-7-3-1-4-8-12)21-17-20-14(11-27-17)15-22-23-18(26)24(15)13-9-5-2-6-10-13/h1-11H,(H,23,26)(H2,19,20,21,25). The van der Waals surface area contributed by atoms with Crippen molar-refractivity contribution in [3.8, 4) is 17.2 Å². The maximum absolute atomic E-state index is 5.38. The maximum Gasteiger partial charge on any atom is 0.200 e. The first-order chi connectivity index (χ1) is 13.2. The van der Waals surface area contributed by atoms with Crippen LogP contribution in [0.3, 0.4) is 0 Å². The Hall–Kier alpha value is -2.88. The number of benzene rings is 2. The summed E-state index contributed by atoms with van der Waals surface area (Å²) in [5.41, 5.74) is 2.55. The summed E-state index contributed by atoms with van der Waals surface area (Å²) in [6, 6.07) is 19.5. The number of rotatable bonds is 4. The number of nitrogens with zero attached hydrogens (tertiary/aromatic N) is 3. The summed E-state index contributed by atoms with van der Waals surface area (Å²) in [5, 5.41) is 16.5. The highest BCUT2D eigenvalue weighted by atomic mass is 32.1. The number of hydrogen-bond acceptors (Lipinski definition) is 5. The van der Waals surface area contributed by atoms with E-state index in [1.54, 1.807) is 0 Å². The van der Waals surface area contributed by atoms with Crippen LogP contribution in [0.15, 0.2) is 66.0 Å². The third-order valence-corrected chi connectivity index (χ3v) is 4.91. The Balaban J connectivity index is 1.55. The SMILES string of the molecule is S=C(Nc1ccccc1)Nc1nc(-c2n[nH]c(=S)n2-c2ccccc2)cs1. The molecule has 2 heterocycles. The van der Waals surface area contributed by atoms with E-state index in [0.29, 0.717) is 26.5 Å². The van der Waals surface area contributed by atoms with E-state index < -0.39 is 0 Å². The summed E-state index contributed by atoms with van der Waals surface area (Å²) < 4.78 is 2.37. The summed E-state index contributed by atoms with van der Waals surface area (Å²) >= 11 is 12.2. The topological polar surface area (TPSA) is 70.6 Å². The molecular weight excluding hydrogens is 396 g/mol. The number of anilines is 2. The molecular formula is C18H14N6S3. The summed E-state index contributed by atoms with van der Waals surface area (Å²) in [6.07, 6.45) is 0. The molecule has 0 aliphatic heterocycles. The molecule has 0 fully saturated rings. The lowest BCUT2D eigenvalue weighted by atomic mass is 10.3. The second-order valence-electron chi connectivity index (χ2n) is 5.51. The number of nitrogens with one attached hydrogen (secondary N) is 3. The Kier molecular flexibility index (Phi) is 5.05. The minimum Gasteiger partial charge on any atom is -0.332 e. The zero-order valence-electron chi connectivity index (χ0n) is 13.9. The Labute approximate surface area is 169 Å². The van der Waals surface area contributed by atoms with Crippen LogP contribution < -0.4 is 10.6 Å². The van der Waals surface area contributed by atoms with Gasteiger partial charge in [0.1, 0.15) is 5.69 Å². The van der Waals surface area contributed by atoms with Gasteiger partial charge < -0.3 is 10.6 Å². The van der Waals surface area contributed by atoms with Gasteiger partial charge in [-0.05, 0) is 48.7 Å². The van der Waals surface area contributed by atoms with E-state index in [4.69, 9.17) is 24.4 Å². The minimum absolute atomic E-state index is 0.476. The number of para-hydroxylation sites is 2. The molecule has 3 N–H and O–H groups in total. The third kappa shape index (κ3) is 3.95. The van der Waals surface area contributed by atoms with Crippen LogP contribution >= 0.6 is 35.8 Å². The van der Waals surface area contributed by atoms with Crippen molar-refractivity contribution in [1.29, 1.82) is 0 Å². The van der Waals surface area contributed by atoms with Gasteiger partial charge in [-0.3, -0.25) is 9.67 Å². The zero-order chi connectivity index (χ0) is 18.6. The van der Waals surface area contributed by atoms with Crippen LogP contribution in [0.4, 0.5) is 10.8 Å². The van der Waals surface area contributed by atoms with Gasteiger partial charge in [-0.25, -0.2) is 4.98 Å². The molecule has 0 radical (unpaired) electrons.